The zero-order valence-electron chi connectivity index (χ0n) is 11.6. The van der Waals surface area contributed by atoms with Crippen molar-refractivity contribution in [1.82, 2.24) is 5.32 Å². The van der Waals surface area contributed by atoms with Crippen molar-refractivity contribution in [3.8, 4) is 5.75 Å². The molecule has 1 aliphatic rings. The molecule has 1 heterocycles. The average molecular weight is 328 g/mol. The third kappa shape index (κ3) is 4.20. The lowest BCUT2D eigenvalue weighted by Gasteiger charge is -2.23. The minimum absolute atomic E-state index is 0.280. The summed E-state index contributed by atoms with van der Waals surface area (Å²) >= 11 is 3.52. The van der Waals surface area contributed by atoms with Gasteiger partial charge in [-0.1, -0.05) is 15.9 Å². The lowest BCUT2D eigenvalue weighted by Crippen LogP contribution is -2.22. The summed E-state index contributed by atoms with van der Waals surface area (Å²) in [6.45, 7) is 4.67. The first-order valence-electron chi connectivity index (χ1n) is 6.88. The Kier molecular flexibility index (Phi) is 5.67. The molecular formula is C15H22BrNO2. The molecule has 4 heteroatoms. The van der Waals surface area contributed by atoms with Crippen LogP contribution in [-0.4, -0.2) is 26.9 Å². The summed E-state index contributed by atoms with van der Waals surface area (Å²) in [6.07, 6.45) is 2.21. The molecule has 3 nitrogen and oxygen atoms in total. The van der Waals surface area contributed by atoms with Crippen molar-refractivity contribution in [3.05, 3.63) is 28.2 Å². The molecule has 0 aliphatic carbocycles. The van der Waals surface area contributed by atoms with Crippen molar-refractivity contribution >= 4 is 15.9 Å². The van der Waals surface area contributed by atoms with Gasteiger partial charge in [0, 0.05) is 29.3 Å². The molecule has 1 fully saturated rings. The highest BCUT2D eigenvalue weighted by atomic mass is 79.9. The van der Waals surface area contributed by atoms with Crippen LogP contribution in [0, 0.1) is 5.92 Å². The van der Waals surface area contributed by atoms with Crippen molar-refractivity contribution in [2.24, 2.45) is 5.92 Å². The van der Waals surface area contributed by atoms with Gasteiger partial charge in [0.2, 0.25) is 0 Å². The van der Waals surface area contributed by atoms with E-state index in [1.165, 1.54) is 5.56 Å². The Balaban J connectivity index is 2.02. The molecular weight excluding hydrogens is 306 g/mol. The van der Waals surface area contributed by atoms with Gasteiger partial charge in [-0.2, -0.15) is 0 Å². The van der Waals surface area contributed by atoms with Crippen LogP contribution in [0.1, 0.15) is 31.4 Å². The Morgan fingerprint density at radius 2 is 2.16 bits per heavy atom. The fourth-order valence-electron chi connectivity index (χ4n) is 2.27. The Morgan fingerprint density at radius 1 is 1.42 bits per heavy atom. The zero-order chi connectivity index (χ0) is 13.7. The van der Waals surface area contributed by atoms with E-state index < -0.39 is 0 Å². The number of hydrogen-bond acceptors (Lipinski definition) is 3. The highest BCUT2D eigenvalue weighted by molar-refractivity contribution is 9.10. The number of nitrogens with one attached hydrogen (secondary N) is 1. The average Bonchev–Trinajstić information content (AvgIpc) is 2.46. The molecule has 1 aromatic rings. The predicted molar refractivity (Wildman–Crippen MR) is 80.7 cm³/mol. The lowest BCUT2D eigenvalue weighted by atomic mass is 10.0. The number of rotatable bonds is 5. The Labute approximate surface area is 123 Å². The second-order valence-electron chi connectivity index (χ2n) is 5.06. The summed E-state index contributed by atoms with van der Waals surface area (Å²) in [5.74, 6) is 1.60. The maximum Gasteiger partial charge on any atom is 0.124 e. The SMILES string of the molecule is CNC(C)c1cc(Br)ccc1OCC1CCOCC1. The van der Waals surface area contributed by atoms with Crippen LogP contribution in [0.3, 0.4) is 0 Å². The molecule has 2 rings (SSSR count). The van der Waals surface area contributed by atoms with E-state index in [0.717, 1.165) is 42.9 Å². The molecule has 1 unspecified atom stereocenters. The summed E-state index contributed by atoms with van der Waals surface area (Å²) in [5, 5.41) is 3.27. The standard InChI is InChI=1S/C15H22BrNO2/c1-11(17-2)14-9-13(16)3-4-15(14)19-10-12-5-7-18-8-6-12/h3-4,9,11-12,17H,5-8,10H2,1-2H3. The van der Waals surface area contributed by atoms with E-state index in [9.17, 15) is 0 Å². The molecule has 1 aromatic carbocycles. The summed E-state index contributed by atoms with van der Waals surface area (Å²) in [5.41, 5.74) is 1.20. The van der Waals surface area contributed by atoms with Crippen LogP contribution in [0.4, 0.5) is 0 Å². The second kappa shape index (κ2) is 7.27. The van der Waals surface area contributed by atoms with Gasteiger partial charge in [-0.15, -0.1) is 0 Å². The third-order valence-electron chi connectivity index (χ3n) is 3.69. The Hall–Kier alpha value is -0.580. The van der Waals surface area contributed by atoms with Crippen LogP contribution in [0.15, 0.2) is 22.7 Å². The van der Waals surface area contributed by atoms with Crippen LogP contribution >= 0.6 is 15.9 Å². The predicted octanol–water partition coefficient (Wildman–Crippen LogP) is 3.53. The van der Waals surface area contributed by atoms with E-state index in [-0.39, 0.29) is 6.04 Å². The van der Waals surface area contributed by atoms with Gasteiger partial charge in [0.1, 0.15) is 5.75 Å². The first kappa shape index (κ1) is 14.8. The minimum Gasteiger partial charge on any atom is -0.493 e. The van der Waals surface area contributed by atoms with Gasteiger partial charge in [0.25, 0.3) is 0 Å². The molecule has 0 spiro atoms. The first-order chi connectivity index (χ1) is 9.20. The molecule has 0 amide bonds. The quantitative estimate of drug-likeness (QED) is 0.897. The maximum absolute atomic E-state index is 6.04. The van der Waals surface area contributed by atoms with Gasteiger partial charge in [0.15, 0.2) is 0 Å². The van der Waals surface area contributed by atoms with E-state index in [4.69, 9.17) is 9.47 Å². The van der Waals surface area contributed by atoms with Crippen LogP contribution in [-0.2, 0) is 4.74 Å². The number of halogens is 1. The Morgan fingerprint density at radius 3 is 2.84 bits per heavy atom. The van der Waals surface area contributed by atoms with E-state index in [0.29, 0.717) is 5.92 Å². The smallest absolute Gasteiger partial charge is 0.124 e. The van der Waals surface area contributed by atoms with Gasteiger partial charge in [-0.05, 0) is 50.9 Å². The highest BCUT2D eigenvalue weighted by Crippen LogP contribution is 2.29. The van der Waals surface area contributed by atoms with Gasteiger partial charge in [0.05, 0.1) is 6.61 Å². The summed E-state index contributed by atoms with van der Waals surface area (Å²) in [6, 6.07) is 6.49. The van der Waals surface area contributed by atoms with E-state index in [1.54, 1.807) is 0 Å². The minimum atomic E-state index is 0.280. The molecule has 0 radical (unpaired) electrons. The summed E-state index contributed by atoms with van der Waals surface area (Å²) in [4.78, 5) is 0. The van der Waals surface area contributed by atoms with Crippen LogP contribution < -0.4 is 10.1 Å². The second-order valence-corrected chi connectivity index (χ2v) is 5.97. The first-order valence-corrected chi connectivity index (χ1v) is 7.67. The molecule has 1 aliphatic heterocycles. The van der Waals surface area contributed by atoms with Crippen LogP contribution in [0.25, 0.3) is 0 Å². The topological polar surface area (TPSA) is 30.5 Å². The van der Waals surface area contributed by atoms with Crippen molar-refractivity contribution in [3.63, 3.8) is 0 Å². The largest absolute Gasteiger partial charge is 0.493 e. The number of hydrogen-bond donors (Lipinski definition) is 1. The van der Waals surface area contributed by atoms with Gasteiger partial charge >= 0.3 is 0 Å². The van der Waals surface area contributed by atoms with Gasteiger partial charge < -0.3 is 14.8 Å². The van der Waals surface area contributed by atoms with E-state index >= 15 is 0 Å². The van der Waals surface area contributed by atoms with E-state index in [2.05, 4.69) is 34.2 Å². The molecule has 0 bridgehead atoms. The third-order valence-corrected chi connectivity index (χ3v) is 4.18. The fraction of sp³-hybridized carbons (Fsp3) is 0.600. The van der Waals surface area contributed by atoms with Crippen molar-refractivity contribution < 1.29 is 9.47 Å². The van der Waals surface area contributed by atoms with Crippen LogP contribution in [0.5, 0.6) is 5.75 Å². The lowest BCUT2D eigenvalue weighted by molar-refractivity contribution is 0.0495. The highest BCUT2D eigenvalue weighted by Gasteiger charge is 2.16. The van der Waals surface area contributed by atoms with Crippen LogP contribution in [0.2, 0.25) is 0 Å². The van der Waals surface area contributed by atoms with Gasteiger partial charge in [-0.25, -0.2) is 0 Å². The van der Waals surface area contributed by atoms with Crippen molar-refractivity contribution in [2.45, 2.75) is 25.8 Å². The molecule has 106 valence electrons. The van der Waals surface area contributed by atoms with Crippen molar-refractivity contribution in [1.29, 1.82) is 0 Å². The number of benzene rings is 1. The fourth-order valence-corrected chi connectivity index (χ4v) is 2.64. The molecule has 0 saturated carbocycles. The normalized spacial score (nSPS) is 18.3. The molecule has 0 aromatic heterocycles. The summed E-state index contributed by atoms with van der Waals surface area (Å²) in [7, 11) is 1.97. The van der Waals surface area contributed by atoms with E-state index in [1.807, 2.05) is 19.2 Å². The Bertz CT molecular complexity index is 405. The monoisotopic (exact) mass is 327 g/mol. The zero-order valence-corrected chi connectivity index (χ0v) is 13.2. The number of ether oxygens (including phenoxy) is 2. The van der Waals surface area contributed by atoms with Crippen molar-refractivity contribution in [2.75, 3.05) is 26.9 Å². The van der Waals surface area contributed by atoms with Gasteiger partial charge in [-0.3, -0.25) is 0 Å². The molecule has 1 saturated heterocycles. The molecule has 1 atom stereocenters. The summed E-state index contributed by atoms with van der Waals surface area (Å²) < 4.78 is 12.5. The molecule has 1 N–H and O–H groups in total. The maximum atomic E-state index is 6.04. The molecule has 19 heavy (non-hydrogen) atoms.